The minimum atomic E-state index is -0.546. The zero-order chi connectivity index (χ0) is 20.1. The van der Waals surface area contributed by atoms with Crippen molar-refractivity contribution in [1.29, 1.82) is 0 Å². The number of nitrogens with zero attached hydrogens (tertiary/aromatic N) is 5. The Balaban J connectivity index is 1.30. The molecule has 150 valence electrons. The van der Waals surface area contributed by atoms with Gasteiger partial charge in [-0.1, -0.05) is 36.4 Å². The van der Waals surface area contributed by atoms with Gasteiger partial charge in [-0.3, -0.25) is 4.79 Å². The Kier molecular flexibility index (Phi) is 5.81. The predicted octanol–water partition coefficient (Wildman–Crippen LogP) is 0.357. The fraction of sp³-hybridized carbons (Fsp3) is 0.333. The number of piperazine rings is 1. The zero-order valence-electron chi connectivity index (χ0n) is 16.4. The predicted molar refractivity (Wildman–Crippen MR) is 107 cm³/mol. The van der Waals surface area contributed by atoms with E-state index in [9.17, 15) is 4.79 Å². The van der Waals surface area contributed by atoms with E-state index in [2.05, 4.69) is 39.8 Å². The summed E-state index contributed by atoms with van der Waals surface area (Å²) in [6.45, 7) is 6.19. The molecule has 1 aliphatic rings. The van der Waals surface area contributed by atoms with E-state index in [1.807, 2.05) is 35.2 Å². The van der Waals surface area contributed by atoms with Gasteiger partial charge in [0.15, 0.2) is 6.10 Å². The third-order valence-electron chi connectivity index (χ3n) is 5.17. The van der Waals surface area contributed by atoms with Crippen LogP contribution in [0.4, 0.5) is 0 Å². The molecule has 1 fully saturated rings. The number of quaternary nitrogens is 1. The van der Waals surface area contributed by atoms with Gasteiger partial charge in [0.25, 0.3) is 5.91 Å². The minimum absolute atomic E-state index is 0.0246. The lowest BCUT2D eigenvalue weighted by Gasteiger charge is -2.33. The first-order chi connectivity index (χ1) is 14.2. The molecule has 0 aliphatic carbocycles. The summed E-state index contributed by atoms with van der Waals surface area (Å²) < 4.78 is 7.46. The zero-order valence-corrected chi connectivity index (χ0v) is 16.4. The van der Waals surface area contributed by atoms with E-state index in [-0.39, 0.29) is 5.91 Å². The van der Waals surface area contributed by atoms with Crippen LogP contribution in [0.25, 0.3) is 5.69 Å². The molecule has 1 amide bonds. The highest BCUT2D eigenvalue weighted by molar-refractivity contribution is 5.81. The van der Waals surface area contributed by atoms with Crippen LogP contribution >= 0.6 is 0 Å². The number of carbonyl (C=O) groups excluding carboxylic acids is 1. The third-order valence-corrected chi connectivity index (χ3v) is 5.17. The number of nitrogens with one attached hydrogen (secondary N) is 1. The van der Waals surface area contributed by atoms with Crippen LogP contribution in [-0.2, 0) is 11.3 Å². The van der Waals surface area contributed by atoms with E-state index in [4.69, 9.17) is 4.74 Å². The Bertz CT molecular complexity index is 923. The van der Waals surface area contributed by atoms with Crippen molar-refractivity contribution in [3.8, 4) is 11.4 Å². The quantitative estimate of drug-likeness (QED) is 0.654. The molecule has 0 spiro atoms. The van der Waals surface area contributed by atoms with Gasteiger partial charge < -0.3 is 14.5 Å². The lowest BCUT2D eigenvalue weighted by molar-refractivity contribution is -0.917. The van der Waals surface area contributed by atoms with E-state index in [1.165, 1.54) is 16.8 Å². The fourth-order valence-corrected chi connectivity index (χ4v) is 3.60. The van der Waals surface area contributed by atoms with Gasteiger partial charge in [-0.25, -0.2) is 4.68 Å². The summed E-state index contributed by atoms with van der Waals surface area (Å²) in [5.74, 6) is 0.642. The Hall–Kier alpha value is -3.26. The number of ether oxygens (including phenoxy) is 1. The summed E-state index contributed by atoms with van der Waals surface area (Å²) in [5, 5.41) is 11.2. The summed E-state index contributed by atoms with van der Waals surface area (Å²) in [7, 11) is 0. The van der Waals surface area contributed by atoms with Gasteiger partial charge >= 0.3 is 0 Å². The Labute approximate surface area is 169 Å². The molecule has 4 rings (SSSR count). The molecule has 0 unspecified atom stereocenters. The number of amides is 1. The molecule has 0 bridgehead atoms. The Morgan fingerprint density at radius 3 is 2.66 bits per heavy atom. The van der Waals surface area contributed by atoms with Crippen molar-refractivity contribution in [1.82, 2.24) is 25.1 Å². The van der Waals surface area contributed by atoms with Crippen LogP contribution in [0.1, 0.15) is 12.5 Å². The van der Waals surface area contributed by atoms with E-state index < -0.39 is 6.10 Å². The number of hydrogen-bond acceptors (Lipinski definition) is 5. The van der Waals surface area contributed by atoms with Gasteiger partial charge in [0.05, 0.1) is 31.9 Å². The first-order valence-electron chi connectivity index (χ1n) is 9.85. The number of hydrogen-bond donors (Lipinski definition) is 1. The second-order valence-corrected chi connectivity index (χ2v) is 7.25. The molecule has 0 saturated carbocycles. The number of rotatable bonds is 6. The van der Waals surface area contributed by atoms with Gasteiger partial charge in [-0.2, -0.15) is 0 Å². The van der Waals surface area contributed by atoms with E-state index in [1.54, 1.807) is 11.6 Å². The summed E-state index contributed by atoms with van der Waals surface area (Å²) in [6, 6.07) is 17.9. The van der Waals surface area contributed by atoms with Crippen molar-refractivity contribution in [3.05, 3.63) is 66.5 Å². The average Bonchev–Trinajstić information content (AvgIpc) is 3.30. The average molecular weight is 393 g/mol. The molecule has 1 N–H and O–H groups in total. The molecule has 29 heavy (non-hydrogen) atoms. The first kappa shape index (κ1) is 19.1. The SMILES string of the molecule is C[C@H](Oc1cccc(-n2cnnn2)c1)C(=O)N1CC[NH+](Cc2ccccc2)CC1. The first-order valence-corrected chi connectivity index (χ1v) is 9.85. The molecule has 0 radical (unpaired) electrons. The summed E-state index contributed by atoms with van der Waals surface area (Å²) in [4.78, 5) is 16.2. The van der Waals surface area contributed by atoms with Crippen LogP contribution in [0, 0.1) is 0 Å². The smallest absolute Gasteiger partial charge is 0.263 e. The molecule has 8 nitrogen and oxygen atoms in total. The molecule has 1 saturated heterocycles. The van der Waals surface area contributed by atoms with Gasteiger partial charge in [0, 0.05) is 11.6 Å². The standard InChI is InChI=1S/C21H24N6O2/c1-17(29-20-9-5-8-19(14-20)27-16-22-23-24-27)21(28)26-12-10-25(11-13-26)15-18-6-3-2-4-7-18/h2-9,14,16-17H,10-13,15H2,1H3/p+1/t17-/m0/s1. The van der Waals surface area contributed by atoms with Crippen molar-refractivity contribution in [3.63, 3.8) is 0 Å². The van der Waals surface area contributed by atoms with Crippen LogP contribution in [0.5, 0.6) is 5.75 Å². The van der Waals surface area contributed by atoms with Gasteiger partial charge in [0.2, 0.25) is 0 Å². The van der Waals surface area contributed by atoms with Crippen LogP contribution < -0.4 is 9.64 Å². The number of benzene rings is 2. The minimum Gasteiger partial charge on any atom is -0.481 e. The van der Waals surface area contributed by atoms with Crippen molar-refractivity contribution in [2.24, 2.45) is 0 Å². The summed E-state index contributed by atoms with van der Waals surface area (Å²) in [6.07, 6.45) is 0.972. The summed E-state index contributed by atoms with van der Waals surface area (Å²) >= 11 is 0. The third kappa shape index (κ3) is 4.78. The van der Waals surface area contributed by atoms with Crippen LogP contribution in [0.15, 0.2) is 60.9 Å². The molecule has 2 heterocycles. The molecule has 1 aromatic heterocycles. The van der Waals surface area contributed by atoms with Crippen LogP contribution in [0.2, 0.25) is 0 Å². The van der Waals surface area contributed by atoms with Crippen LogP contribution in [-0.4, -0.2) is 63.3 Å². The van der Waals surface area contributed by atoms with Crippen molar-refractivity contribution < 1.29 is 14.4 Å². The molecule has 8 heteroatoms. The molecule has 2 aromatic carbocycles. The molecular formula is C21H25N6O2+. The second kappa shape index (κ2) is 8.83. The molecule has 3 aromatic rings. The maximum Gasteiger partial charge on any atom is 0.263 e. The van der Waals surface area contributed by atoms with Crippen molar-refractivity contribution >= 4 is 5.91 Å². The molecular weight excluding hydrogens is 368 g/mol. The maximum atomic E-state index is 12.8. The second-order valence-electron chi connectivity index (χ2n) is 7.25. The topological polar surface area (TPSA) is 77.6 Å². The largest absolute Gasteiger partial charge is 0.481 e. The number of aromatic nitrogens is 4. The lowest BCUT2D eigenvalue weighted by atomic mass is 10.2. The normalized spacial score (nSPS) is 15.8. The highest BCUT2D eigenvalue weighted by atomic mass is 16.5. The Morgan fingerprint density at radius 1 is 1.14 bits per heavy atom. The lowest BCUT2D eigenvalue weighted by Crippen LogP contribution is -3.13. The van der Waals surface area contributed by atoms with Gasteiger partial charge in [-0.05, 0) is 29.5 Å². The van der Waals surface area contributed by atoms with Crippen LogP contribution in [0.3, 0.4) is 0 Å². The fourth-order valence-electron chi connectivity index (χ4n) is 3.60. The summed E-state index contributed by atoms with van der Waals surface area (Å²) in [5.41, 5.74) is 2.12. The van der Waals surface area contributed by atoms with E-state index in [0.29, 0.717) is 5.75 Å². The maximum absolute atomic E-state index is 12.8. The van der Waals surface area contributed by atoms with Gasteiger partial charge in [0.1, 0.15) is 18.6 Å². The van der Waals surface area contributed by atoms with Crippen molar-refractivity contribution in [2.75, 3.05) is 26.2 Å². The monoisotopic (exact) mass is 393 g/mol. The van der Waals surface area contributed by atoms with Crippen molar-refractivity contribution in [2.45, 2.75) is 19.6 Å². The van der Waals surface area contributed by atoms with Gasteiger partial charge in [-0.15, -0.1) is 5.10 Å². The molecule has 1 aliphatic heterocycles. The number of tetrazole rings is 1. The van der Waals surface area contributed by atoms with E-state index in [0.717, 1.165) is 38.4 Å². The highest BCUT2D eigenvalue weighted by Gasteiger charge is 2.28. The molecule has 1 atom stereocenters. The number of carbonyl (C=O) groups is 1. The van der Waals surface area contributed by atoms with E-state index >= 15 is 0 Å². The highest BCUT2D eigenvalue weighted by Crippen LogP contribution is 2.17. The Morgan fingerprint density at radius 2 is 1.93 bits per heavy atom.